The summed E-state index contributed by atoms with van der Waals surface area (Å²) in [7, 11) is 1.87. The molecule has 1 saturated heterocycles. The van der Waals surface area contributed by atoms with Crippen molar-refractivity contribution in [1.82, 2.24) is 4.57 Å². The summed E-state index contributed by atoms with van der Waals surface area (Å²) in [6.45, 7) is 0. The first-order valence-electron chi connectivity index (χ1n) is 6.84. The number of thioether (sulfide) groups is 1. The summed E-state index contributed by atoms with van der Waals surface area (Å²) in [6.07, 6.45) is 3.61. The highest BCUT2D eigenvalue weighted by Gasteiger charge is 2.34. The third-order valence-corrected chi connectivity index (χ3v) is 4.83. The van der Waals surface area contributed by atoms with E-state index in [9.17, 15) is 14.7 Å². The van der Waals surface area contributed by atoms with E-state index in [1.54, 1.807) is 6.08 Å². The van der Waals surface area contributed by atoms with Crippen LogP contribution in [0.25, 0.3) is 6.08 Å². The van der Waals surface area contributed by atoms with Gasteiger partial charge in [0.15, 0.2) is 4.32 Å². The third-order valence-electron chi connectivity index (χ3n) is 3.53. The Kier molecular flexibility index (Phi) is 4.16. The molecule has 0 unspecified atom stereocenters. The minimum Gasteiger partial charge on any atom is -0.507 e. The summed E-state index contributed by atoms with van der Waals surface area (Å²) in [6, 6.07) is 7.65. The van der Waals surface area contributed by atoms with Gasteiger partial charge < -0.3 is 14.8 Å². The Labute approximate surface area is 147 Å². The molecule has 1 fully saturated rings. The van der Waals surface area contributed by atoms with Crippen LogP contribution in [0, 0.1) is 0 Å². The Morgan fingerprint density at radius 1 is 1.33 bits per heavy atom. The fourth-order valence-electron chi connectivity index (χ4n) is 2.29. The average Bonchev–Trinajstić information content (AvgIpc) is 3.03. The highest BCUT2D eigenvalue weighted by molar-refractivity contribution is 8.27. The van der Waals surface area contributed by atoms with Crippen LogP contribution in [0.1, 0.15) is 16.1 Å². The maximum absolute atomic E-state index is 12.6. The van der Waals surface area contributed by atoms with Gasteiger partial charge in [0.25, 0.3) is 5.91 Å². The molecule has 2 N–H and O–H groups in total. The molecule has 2 heterocycles. The largest absolute Gasteiger partial charge is 0.507 e. The molecule has 8 heteroatoms. The topological polar surface area (TPSA) is 82.8 Å². The maximum Gasteiger partial charge on any atom is 0.339 e. The van der Waals surface area contributed by atoms with Crippen LogP contribution in [0.15, 0.2) is 41.4 Å². The lowest BCUT2D eigenvalue weighted by Crippen LogP contribution is -2.27. The van der Waals surface area contributed by atoms with E-state index < -0.39 is 11.7 Å². The van der Waals surface area contributed by atoms with E-state index in [2.05, 4.69) is 0 Å². The number of hydrogen-bond acceptors (Lipinski definition) is 5. The number of carboxylic acid groups (broad SMARTS) is 1. The van der Waals surface area contributed by atoms with Crippen LogP contribution in [-0.4, -0.2) is 31.0 Å². The lowest BCUT2D eigenvalue weighted by atomic mass is 10.1. The van der Waals surface area contributed by atoms with Crippen LogP contribution < -0.4 is 4.90 Å². The monoisotopic (exact) mass is 360 g/mol. The van der Waals surface area contributed by atoms with Crippen LogP contribution in [0.3, 0.4) is 0 Å². The molecule has 122 valence electrons. The first kappa shape index (κ1) is 16.3. The SMILES string of the molecule is Cn1cccc1C=C1SC(=S)N(c2ccc(C(=O)O)c(O)c2)C1=O. The summed E-state index contributed by atoms with van der Waals surface area (Å²) >= 11 is 6.41. The number of carboxylic acids is 1. The first-order valence-corrected chi connectivity index (χ1v) is 8.06. The van der Waals surface area contributed by atoms with E-state index in [0.29, 0.717) is 14.9 Å². The van der Waals surface area contributed by atoms with Crippen molar-refractivity contribution in [2.45, 2.75) is 0 Å². The van der Waals surface area contributed by atoms with E-state index in [1.165, 1.54) is 23.1 Å². The summed E-state index contributed by atoms with van der Waals surface area (Å²) in [5, 5.41) is 18.8. The zero-order valence-electron chi connectivity index (χ0n) is 12.5. The highest BCUT2D eigenvalue weighted by Crippen LogP contribution is 2.37. The van der Waals surface area contributed by atoms with E-state index >= 15 is 0 Å². The molecule has 6 nitrogen and oxygen atoms in total. The molecule has 1 aliphatic rings. The van der Waals surface area contributed by atoms with Gasteiger partial charge in [0.1, 0.15) is 11.3 Å². The minimum atomic E-state index is -1.24. The first-order chi connectivity index (χ1) is 11.4. The van der Waals surface area contributed by atoms with E-state index in [-0.39, 0.29) is 11.5 Å². The molecular weight excluding hydrogens is 348 g/mol. The molecule has 0 aliphatic carbocycles. The van der Waals surface area contributed by atoms with E-state index in [4.69, 9.17) is 17.3 Å². The number of rotatable bonds is 3. The van der Waals surface area contributed by atoms with Crippen molar-refractivity contribution in [2.75, 3.05) is 4.90 Å². The van der Waals surface area contributed by atoms with E-state index in [0.717, 1.165) is 17.5 Å². The molecular formula is C16H12N2O4S2. The van der Waals surface area contributed by atoms with Crippen molar-refractivity contribution < 1.29 is 19.8 Å². The van der Waals surface area contributed by atoms with Crippen molar-refractivity contribution in [3.05, 3.63) is 52.7 Å². The number of amides is 1. The molecule has 0 saturated carbocycles. The molecule has 2 aromatic rings. The third kappa shape index (κ3) is 2.81. The predicted molar refractivity (Wildman–Crippen MR) is 96.1 cm³/mol. The molecule has 0 atom stereocenters. The maximum atomic E-state index is 12.6. The molecule has 0 bridgehead atoms. The second-order valence-electron chi connectivity index (χ2n) is 5.07. The van der Waals surface area contributed by atoms with Gasteiger partial charge in [-0.1, -0.05) is 24.0 Å². The van der Waals surface area contributed by atoms with Gasteiger partial charge in [0.05, 0.1) is 10.6 Å². The van der Waals surface area contributed by atoms with Crippen molar-refractivity contribution >= 4 is 51.9 Å². The number of benzene rings is 1. The van der Waals surface area contributed by atoms with Crippen LogP contribution in [0.5, 0.6) is 5.75 Å². The number of aryl methyl sites for hydroxylation is 1. The lowest BCUT2D eigenvalue weighted by Gasteiger charge is -2.15. The number of carbonyl (C=O) groups excluding carboxylic acids is 1. The molecule has 1 amide bonds. The van der Waals surface area contributed by atoms with Gasteiger partial charge in [-0.25, -0.2) is 4.79 Å². The standard InChI is InChI=1S/C16H12N2O4S2/c1-17-6-2-3-9(17)8-13-14(20)18(16(23)24-13)10-4-5-11(15(21)22)12(19)7-10/h2-8,19H,1H3,(H,21,22). The zero-order valence-corrected chi connectivity index (χ0v) is 14.1. The molecule has 1 aliphatic heterocycles. The zero-order chi connectivity index (χ0) is 17.4. The Hall–Kier alpha value is -2.58. The molecule has 24 heavy (non-hydrogen) atoms. The van der Waals surface area contributed by atoms with Crippen molar-refractivity contribution in [3.63, 3.8) is 0 Å². The Morgan fingerprint density at radius 3 is 2.67 bits per heavy atom. The highest BCUT2D eigenvalue weighted by atomic mass is 32.2. The van der Waals surface area contributed by atoms with Crippen LogP contribution in [-0.2, 0) is 11.8 Å². The van der Waals surface area contributed by atoms with Crippen molar-refractivity contribution in [3.8, 4) is 5.75 Å². The number of thiocarbonyl (C=S) groups is 1. The number of aromatic nitrogens is 1. The van der Waals surface area contributed by atoms with Crippen LogP contribution in [0.4, 0.5) is 5.69 Å². The second kappa shape index (κ2) is 6.14. The number of phenols is 1. The lowest BCUT2D eigenvalue weighted by molar-refractivity contribution is -0.113. The Bertz CT molecular complexity index is 901. The van der Waals surface area contributed by atoms with Gasteiger partial charge in [0.2, 0.25) is 0 Å². The van der Waals surface area contributed by atoms with E-state index in [1.807, 2.05) is 29.9 Å². The van der Waals surface area contributed by atoms with Crippen LogP contribution >= 0.6 is 24.0 Å². The molecule has 1 aromatic heterocycles. The van der Waals surface area contributed by atoms with Gasteiger partial charge in [-0.05, 0) is 30.3 Å². The number of aromatic carboxylic acids is 1. The van der Waals surface area contributed by atoms with Gasteiger partial charge in [-0.15, -0.1) is 0 Å². The quantitative estimate of drug-likeness (QED) is 0.647. The smallest absolute Gasteiger partial charge is 0.339 e. The predicted octanol–water partition coefficient (Wildman–Crippen LogP) is 2.83. The van der Waals surface area contributed by atoms with Crippen LogP contribution in [0.2, 0.25) is 0 Å². The second-order valence-corrected chi connectivity index (χ2v) is 6.74. The van der Waals surface area contributed by atoms with Crippen molar-refractivity contribution in [2.24, 2.45) is 7.05 Å². The summed E-state index contributed by atoms with van der Waals surface area (Å²) < 4.78 is 2.20. The molecule has 1 aromatic carbocycles. The fourth-order valence-corrected chi connectivity index (χ4v) is 3.57. The van der Waals surface area contributed by atoms with Gasteiger partial charge in [0, 0.05) is 25.0 Å². The fraction of sp³-hybridized carbons (Fsp3) is 0.0625. The normalized spacial score (nSPS) is 16.2. The summed E-state index contributed by atoms with van der Waals surface area (Å²) in [5.41, 5.74) is 0.957. The number of hydrogen-bond donors (Lipinski definition) is 2. The number of carbonyl (C=O) groups is 2. The Balaban J connectivity index is 1.95. The van der Waals surface area contributed by atoms with Gasteiger partial charge >= 0.3 is 5.97 Å². The molecule has 0 spiro atoms. The number of nitrogens with zero attached hydrogens (tertiary/aromatic N) is 2. The van der Waals surface area contributed by atoms with Gasteiger partial charge in [-0.2, -0.15) is 0 Å². The summed E-state index contributed by atoms with van der Waals surface area (Å²) in [4.78, 5) is 25.3. The minimum absolute atomic E-state index is 0.233. The Morgan fingerprint density at radius 2 is 2.08 bits per heavy atom. The average molecular weight is 360 g/mol. The molecule has 3 rings (SSSR count). The summed E-state index contributed by atoms with van der Waals surface area (Å²) in [5.74, 6) is -1.97. The number of anilines is 1. The molecule has 0 radical (unpaired) electrons. The van der Waals surface area contributed by atoms with Crippen molar-refractivity contribution in [1.29, 1.82) is 0 Å². The van der Waals surface area contributed by atoms with Gasteiger partial charge in [-0.3, -0.25) is 9.69 Å². The number of aromatic hydroxyl groups is 1.